The number of hydrogen-bond donors (Lipinski definition) is 2. The molecular weight excluding hydrogens is 186 g/mol. The van der Waals surface area contributed by atoms with Crippen LogP contribution in [0.25, 0.3) is 0 Å². The van der Waals surface area contributed by atoms with Gasteiger partial charge < -0.3 is 4.74 Å². The minimum Gasteiger partial charge on any atom is -0.443 e. The van der Waals surface area contributed by atoms with Crippen LogP contribution >= 0.6 is 0 Å². The molecule has 0 aliphatic heterocycles. The van der Waals surface area contributed by atoms with Gasteiger partial charge >= 0.3 is 16.3 Å². The molecule has 0 spiro atoms. The molecule has 0 fully saturated rings. The monoisotopic (exact) mass is 195 g/mol. The van der Waals surface area contributed by atoms with Crippen LogP contribution in [-0.2, 0) is 19.8 Å². The number of esters is 1. The molecule has 0 aromatic carbocycles. The van der Waals surface area contributed by atoms with Gasteiger partial charge in [-0.3, -0.25) is 4.55 Å². The lowest BCUT2D eigenvalue weighted by Crippen LogP contribution is -2.35. The number of rotatable bonds is 4. The smallest absolute Gasteiger partial charge is 0.336 e. The molecule has 0 radical (unpaired) electrons. The van der Waals surface area contributed by atoms with E-state index in [1.807, 2.05) is 0 Å². The van der Waals surface area contributed by atoms with Crippen LogP contribution in [0.3, 0.4) is 0 Å². The summed E-state index contributed by atoms with van der Waals surface area (Å²) < 4.78 is 34.5. The fourth-order valence-corrected chi connectivity index (χ4v) is 0.924. The van der Waals surface area contributed by atoms with E-state index in [2.05, 4.69) is 11.3 Å². The summed E-state index contributed by atoms with van der Waals surface area (Å²) in [5, 5.41) is 0. The average Bonchev–Trinajstić information content (AvgIpc) is 1.82. The Hall–Kier alpha value is -0.920. The van der Waals surface area contributed by atoms with Crippen LogP contribution in [-0.4, -0.2) is 25.2 Å². The Morgan fingerprint density at radius 1 is 1.75 bits per heavy atom. The zero-order chi connectivity index (χ0) is 9.78. The summed E-state index contributed by atoms with van der Waals surface area (Å²) >= 11 is 0. The van der Waals surface area contributed by atoms with E-state index in [1.165, 1.54) is 6.92 Å². The molecule has 0 saturated heterocycles. The summed E-state index contributed by atoms with van der Waals surface area (Å²) in [6.45, 7) is 4.34. The minimum absolute atomic E-state index is 0.779. The third kappa shape index (κ3) is 5.83. The second-order valence-corrected chi connectivity index (χ2v) is 3.06. The summed E-state index contributed by atoms with van der Waals surface area (Å²) in [5.74, 6) is -0.779. The molecule has 0 heterocycles. The first-order valence-corrected chi connectivity index (χ1v) is 4.37. The molecule has 0 saturated carbocycles. The maximum Gasteiger partial charge on any atom is 0.336 e. The highest BCUT2D eigenvalue weighted by Gasteiger charge is 2.12. The number of nitrogens with one attached hydrogen (secondary N) is 1. The molecule has 0 aliphatic carbocycles. The summed E-state index contributed by atoms with van der Waals surface area (Å²) in [4.78, 5) is 10.5. The van der Waals surface area contributed by atoms with Crippen LogP contribution in [0.2, 0.25) is 0 Å². The van der Waals surface area contributed by atoms with Crippen LogP contribution < -0.4 is 4.72 Å². The first-order valence-electron chi connectivity index (χ1n) is 2.93. The lowest BCUT2D eigenvalue weighted by atomic mass is 10.6. The van der Waals surface area contributed by atoms with E-state index in [4.69, 9.17) is 4.55 Å². The molecule has 0 bridgehead atoms. The summed E-state index contributed by atoms with van der Waals surface area (Å²) in [6.07, 6.45) is -0.243. The molecule has 1 atom stereocenters. The fraction of sp³-hybridized carbons (Fsp3) is 0.400. The summed E-state index contributed by atoms with van der Waals surface area (Å²) in [5.41, 5.74) is 0. The van der Waals surface area contributed by atoms with E-state index in [0.29, 0.717) is 0 Å². The largest absolute Gasteiger partial charge is 0.443 e. The summed E-state index contributed by atoms with van der Waals surface area (Å²) in [6, 6.07) is 0. The van der Waals surface area contributed by atoms with Crippen LogP contribution in [0.5, 0.6) is 0 Å². The number of hydrogen-bond acceptors (Lipinski definition) is 4. The minimum atomic E-state index is -4.34. The van der Waals surface area contributed by atoms with Crippen molar-refractivity contribution in [3.63, 3.8) is 0 Å². The molecule has 0 rings (SSSR count). The van der Waals surface area contributed by atoms with E-state index in [1.54, 1.807) is 4.72 Å². The molecular formula is C5H9NO5S. The van der Waals surface area contributed by atoms with Gasteiger partial charge in [0.05, 0.1) is 0 Å². The van der Waals surface area contributed by atoms with Crippen LogP contribution in [0.15, 0.2) is 12.7 Å². The third-order valence-corrected chi connectivity index (χ3v) is 1.40. The Morgan fingerprint density at radius 2 is 2.25 bits per heavy atom. The molecule has 0 aliphatic rings. The number of carbonyl (C=O) groups excluding carboxylic acids is 1. The Kier molecular flexibility index (Phi) is 3.87. The van der Waals surface area contributed by atoms with Gasteiger partial charge in [-0.25, -0.2) is 4.79 Å². The van der Waals surface area contributed by atoms with Crippen molar-refractivity contribution in [1.29, 1.82) is 0 Å². The van der Waals surface area contributed by atoms with Gasteiger partial charge in [0.25, 0.3) is 0 Å². The highest BCUT2D eigenvalue weighted by Crippen LogP contribution is 1.89. The van der Waals surface area contributed by atoms with Gasteiger partial charge in [-0.05, 0) is 6.92 Å². The van der Waals surface area contributed by atoms with E-state index >= 15 is 0 Å². The molecule has 0 aromatic heterocycles. The van der Waals surface area contributed by atoms with Crippen molar-refractivity contribution in [2.24, 2.45) is 0 Å². The van der Waals surface area contributed by atoms with Crippen molar-refractivity contribution in [3.05, 3.63) is 12.7 Å². The van der Waals surface area contributed by atoms with Crippen molar-refractivity contribution in [2.75, 3.05) is 0 Å². The van der Waals surface area contributed by atoms with Gasteiger partial charge in [-0.15, -0.1) is 0 Å². The Balaban J connectivity index is 3.99. The van der Waals surface area contributed by atoms with Crippen molar-refractivity contribution in [1.82, 2.24) is 4.72 Å². The maximum atomic E-state index is 10.5. The normalized spacial score (nSPS) is 13.5. The molecule has 7 heteroatoms. The average molecular weight is 195 g/mol. The van der Waals surface area contributed by atoms with Gasteiger partial charge in [0.15, 0.2) is 6.23 Å². The second-order valence-electron chi connectivity index (χ2n) is 1.88. The molecule has 1 unspecified atom stereocenters. The van der Waals surface area contributed by atoms with E-state index < -0.39 is 22.5 Å². The zero-order valence-electron chi connectivity index (χ0n) is 6.35. The van der Waals surface area contributed by atoms with Crippen LogP contribution in [0, 0.1) is 0 Å². The van der Waals surface area contributed by atoms with E-state index in [0.717, 1.165) is 6.08 Å². The Bertz CT molecular complexity index is 270. The van der Waals surface area contributed by atoms with Gasteiger partial charge in [-0.2, -0.15) is 13.1 Å². The molecule has 0 aromatic rings. The predicted octanol–water partition coefficient (Wildman–Crippen LogP) is -0.546. The molecule has 12 heavy (non-hydrogen) atoms. The first-order chi connectivity index (χ1) is 5.35. The highest BCUT2D eigenvalue weighted by atomic mass is 32.2. The van der Waals surface area contributed by atoms with Crippen molar-refractivity contribution in [2.45, 2.75) is 13.2 Å². The van der Waals surface area contributed by atoms with Crippen molar-refractivity contribution < 1.29 is 22.5 Å². The van der Waals surface area contributed by atoms with Gasteiger partial charge in [0.1, 0.15) is 0 Å². The number of ether oxygens (including phenoxy) is 1. The van der Waals surface area contributed by atoms with Crippen molar-refractivity contribution >= 4 is 16.3 Å². The third-order valence-electron chi connectivity index (χ3n) is 0.774. The molecule has 6 nitrogen and oxygen atoms in total. The summed E-state index contributed by atoms with van der Waals surface area (Å²) in [7, 11) is -4.34. The van der Waals surface area contributed by atoms with Gasteiger partial charge in [-0.1, -0.05) is 6.58 Å². The second kappa shape index (κ2) is 4.19. The fourth-order valence-electron chi connectivity index (χ4n) is 0.456. The van der Waals surface area contributed by atoms with E-state index in [-0.39, 0.29) is 0 Å². The Morgan fingerprint density at radius 3 is 2.58 bits per heavy atom. The Labute approximate surface area is 70.1 Å². The highest BCUT2D eigenvalue weighted by molar-refractivity contribution is 7.83. The molecule has 0 amide bonds. The SMILES string of the molecule is C=CC(=O)OC(C)NS(=O)(=O)O. The maximum absolute atomic E-state index is 10.5. The van der Waals surface area contributed by atoms with Crippen LogP contribution in [0.1, 0.15) is 6.92 Å². The van der Waals surface area contributed by atoms with Crippen LogP contribution in [0.4, 0.5) is 0 Å². The van der Waals surface area contributed by atoms with Crippen molar-refractivity contribution in [3.8, 4) is 0 Å². The number of carbonyl (C=O) groups is 1. The molecule has 70 valence electrons. The predicted molar refractivity (Wildman–Crippen MR) is 40.4 cm³/mol. The van der Waals surface area contributed by atoms with Gasteiger partial charge in [0.2, 0.25) is 0 Å². The van der Waals surface area contributed by atoms with Gasteiger partial charge in [0, 0.05) is 6.08 Å². The topological polar surface area (TPSA) is 92.7 Å². The lowest BCUT2D eigenvalue weighted by Gasteiger charge is -2.10. The lowest BCUT2D eigenvalue weighted by molar-refractivity contribution is -0.142. The zero-order valence-corrected chi connectivity index (χ0v) is 7.17. The standard InChI is InChI=1S/C5H9NO5S/c1-3-5(7)11-4(2)6-12(8,9)10/h3-4,6H,1H2,2H3,(H,8,9,10). The molecule has 2 N–H and O–H groups in total. The van der Waals surface area contributed by atoms with E-state index in [9.17, 15) is 13.2 Å². The quantitative estimate of drug-likeness (QED) is 0.272. The first kappa shape index (κ1) is 11.1.